The molecule has 0 aliphatic carbocycles. The van der Waals surface area contributed by atoms with E-state index in [2.05, 4.69) is 4.90 Å². The van der Waals surface area contributed by atoms with E-state index < -0.39 is 0 Å². The van der Waals surface area contributed by atoms with Gasteiger partial charge in [-0.15, -0.1) is 0 Å². The van der Waals surface area contributed by atoms with Crippen molar-refractivity contribution in [2.24, 2.45) is 5.73 Å². The number of carbonyl (C=O) groups excluding carboxylic acids is 1. The van der Waals surface area contributed by atoms with Crippen LogP contribution in [0.4, 0.5) is 5.69 Å². The first kappa shape index (κ1) is 12.1. The molecular formula is C13H18N2O2. The van der Waals surface area contributed by atoms with Gasteiger partial charge in [0.15, 0.2) is 5.78 Å². The number of aliphatic hydroxyl groups excluding tert-OH is 1. The summed E-state index contributed by atoms with van der Waals surface area (Å²) in [5, 5.41) is 9.44. The maximum atomic E-state index is 11.4. The molecule has 2 rings (SSSR count). The number of aliphatic hydroxyl groups is 1. The minimum absolute atomic E-state index is 0.0365. The zero-order chi connectivity index (χ0) is 12.3. The van der Waals surface area contributed by atoms with Gasteiger partial charge in [0.05, 0.1) is 12.6 Å². The minimum Gasteiger partial charge on any atom is -0.393 e. The van der Waals surface area contributed by atoms with Crippen LogP contribution in [0.3, 0.4) is 0 Å². The zero-order valence-corrected chi connectivity index (χ0v) is 9.80. The number of hydrogen-bond donors (Lipinski definition) is 2. The fourth-order valence-electron chi connectivity index (χ4n) is 2.10. The molecule has 0 aromatic heterocycles. The van der Waals surface area contributed by atoms with Crippen LogP contribution in [0.2, 0.25) is 0 Å². The van der Waals surface area contributed by atoms with Crippen LogP contribution in [-0.4, -0.2) is 36.6 Å². The highest BCUT2D eigenvalue weighted by molar-refractivity contribution is 5.97. The largest absolute Gasteiger partial charge is 0.393 e. The molecule has 1 aromatic rings. The number of benzene rings is 1. The molecule has 4 heteroatoms. The summed E-state index contributed by atoms with van der Waals surface area (Å²) >= 11 is 0. The molecule has 1 heterocycles. The van der Waals surface area contributed by atoms with Gasteiger partial charge < -0.3 is 15.7 Å². The maximum absolute atomic E-state index is 11.4. The van der Waals surface area contributed by atoms with Gasteiger partial charge in [-0.1, -0.05) is 0 Å². The fourth-order valence-corrected chi connectivity index (χ4v) is 2.10. The number of rotatable bonds is 3. The number of hydrogen-bond acceptors (Lipinski definition) is 4. The third-order valence-electron chi connectivity index (χ3n) is 3.20. The normalized spacial score (nSPS) is 17.2. The van der Waals surface area contributed by atoms with E-state index >= 15 is 0 Å². The van der Waals surface area contributed by atoms with Gasteiger partial charge in [0.1, 0.15) is 0 Å². The van der Waals surface area contributed by atoms with Gasteiger partial charge in [-0.25, -0.2) is 0 Å². The number of anilines is 1. The van der Waals surface area contributed by atoms with Crippen molar-refractivity contribution >= 4 is 11.5 Å². The van der Waals surface area contributed by atoms with Crippen LogP contribution in [-0.2, 0) is 0 Å². The molecule has 0 radical (unpaired) electrons. The van der Waals surface area contributed by atoms with Crippen molar-refractivity contribution in [2.75, 3.05) is 24.5 Å². The van der Waals surface area contributed by atoms with Gasteiger partial charge in [0, 0.05) is 24.3 Å². The first-order chi connectivity index (χ1) is 8.20. The molecule has 0 saturated carbocycles. The molecule has 1 aliphatic rings. The Labute approximate surface area is 101 Å². The van der Waals surface area contributed by atoms with E-state index in [1.165, 1.54) is 0 Å². The van der Waals surface area contributed by atoms with E-state index in [0.717, 1.165) is 31.6 Å². The van der Waals surface area contributed by atoms with E-state index in [1.54, 1.807) is 0 Å². The summed E-state index contributed by atoms with van der Waals surface area (Å²) in [4.78, 5) is 13.6. The van der Waals surface area contributed by atoms with Crippen LogP contribution in [0.25, 0.3) is 0 Å². The molecule has 17 heavy (non-hydrogen) atoms. The van der Waals surface area contributed by atoms with Crippen molar-refractivity contribution in [1.29, 1.82) is 0 Å². The van der Waals surface area contributed by atoms with Gasteiger partial charge in [0.2, 0.25) is 0 Å². The van der Waals surface area contributed by atoms with Crippen molar-refractivity contribution in [3.63, 3.8) is 0 Å². The number of carbonyl (C=O) groups is 1. The molecule has 1 saturated heterocycles. The monoisotopic (exact) mass is 234 g/mol. The Bertz CT molecular complexity index is 381. The summed E-state index contributed by atoms with van der Waals surface area (Å²) in [6.45, 7) is 1.78. The Morgan fingerprint density at radius 1 is 1.29 bits per heavy atom. The van der Waals surface area contributed by atoms with Crippen molar-refractivity contribution < 1.29 is 9.90 Å². The molecule has 3 N–H and O–H groups in total. The Balaban J connectivity index is 2.05. The Kier molecular flexibility index (Phi) is 3.76. The number of ketones is 1. The predicted octanol–water partition coefficient (Wildman–Crippen LogP) is 0.789. The highest BCUT2D eigenvalue weighted by atomic mass is 16.3. The van der Waals surface area contributed by atoms with Crippen LogP contribution in [0.15, 0.2) is 24.3 Å². The lowest BCUT2D eigenvalue weighted by Crippen LogP contribution is -2.35. The van der Waals surface area contributed by atoms with E-state index in [1.807, 2.05) is 24.3 Å². The smallest absolute Gasteiger partial charge is 0.176 e. The van der Waals surface area contributed by atoms with Gasteiger partial charge in [-0.2, -0.15) is 0 Å². The predicted molar refractivity (Wildman–Crippen MR) is 67.3 cm³/mol. The zero-order valence-electron chi connectivity index (χ0n) is 9.80. The van der Waals surface area contributed by atoms with Gasteiger partial charge in [0.25, 0.3) is 0 Å². The second-order valence-corrected chi connectivity index (χ2v) is 4.39. The third kappa shape index (κ3) is 2.84. The molecule has 0 unspecified atom stereocenters. The highest BCUT2D eigenvalue weighted by Gasteiger charge is 2.17. The molecule has 0 amide bonds. The van der Waals surface area contributed by atoms with Crippen LogP contribution in [0, 0.1) is 0 Å². The number of piperidine rings is 1. The first-order valence-corrected chi connectivity index (χ1v) is 5.97. The number of nitrogens with two attached hydrogens (primary N) is 1. The topological polar surface area (TPSA) is 66.6 Å². The summed E-state index contributed by atoms with van der Waals surface area (Å²) in [6.07, 6.45) is 1.46. The lowest BCUT2D eigenvalue weighted by molar-refractivity contribution is 0.100. The van der Waals surface area contributed by atoms with Crippen LogP contribution >= 0.6 is 0 Å². The van der Waals surface area contributed by atoms with Gasteiger partial charge in [-0.05, 0) is 37.1 Å². The molecular weight excluding hydrogens is 216 g/mol. The molecule has 1 fully saturated rings. The van der Waals surface area contributed by atoms with Crippen LogP contribution in [0.5, 0.6) is 0 Å². The molecule has 0 bridgehead atoms. The molecule has 1 aromatic carbocycles. The average Bonchev–Trinajstić information content (AvgIpc) is 2.39. The molecule has 0 spiro atoms. The fraction of sp³-hybridized carbons (Fsp3) is 0.462. The van der Waals surface area contributed by atoms with Crippen molar-refractivity contribution in [3.05, 3.63) is 29.8 Å². The molecule has 4 nitrogen and oxygen atoms in total. The maximum Gasteiger partial charge on any atom is 0.176 e. The van der Waals surface area contributed by atoms with Gasteiger partial charge >= 0.3 is 0 Å². The van der Waals surface area contributed by atoms with Crippen LogP contribution in [0.1, 0.15) is 23.2 Å². The van der Waals surface area contributed by atoms with Crippen molar-refractivity contribution in [1.82, 2.24) is 0 Å². The Morgan fingerprint density at radius 3 is 2.41 bits per heavy atom. The summed E-state index contributed by atoms with van der Waals surface area (Å²) in [7, 11) is 0. The SMILES string of the molecule is NCC(=O)c1ccc(N2CCC(O)CC2)cc1. The molecule has 0 atom stereocenters. The summed E-state index contributed by atoms with van der Waals surface area (Å²) in [5.41, 5.74) is 7.08. The lowest BCUT2D eigenvalue weighted by Gasteiger charge is -2.31. The van der Waals surface area contributed by atoms with Crippen molar-refractivity contribution in [2.45, 2.75) is 18.9 Å². The first-order valence-electron chi connectivity index (χ1n) is 5.97. The van der Waals surface area contributed by atoms with E-state index in [-0.39, 0.29) is 18.4 Å². The quantitative estimate of drug-likeness (QED) is 0.759. The third-order valence-corrected chi connectivity index (χ3v) is 3.20. The summed E-state index contributed by atoms with van der Waals surface area (Å²) in [6, 6.07) is 7.52. The van der Waals surface area contributed by atoms with Crippen molar-refractivity contribution in [3.8, 4) is 0 Å². The summed E-state index contributed by atoms with van der Waals surface area (Å²) in [5.74, 6) is -0.0365. The van der Waals surface area contributed by atoms with Gasteiger partial charge in [-0.3, -0.25) is 4.79 Å². The average molecular weight is 234 g/mol. The Hall–Kier alpha value is -1.39. The number of nitrogens with zero attached hydrogens (tertiary/aromatic N) is 1. The minimum atomic E-state index is -0.163. The molecule has 92 valence electrons. The van der Waals surface area contributed by atoms with E-state index in [0.29, 0.717) is 5.56 Å². The van der Waals surface area contributed by atoms with E-state index in [4.69, 9.17) is 5.73 Å². The summed E-state index contributed by atoms with van der Waals surface area (Å²) < 4.78 is 0. The molecule has 1 aliphatic heterocycles. The lowest BCUT2D eigenvalue weighted by atomic mass is 10.1. The second-order valence-electron chi connectivity index (χ2n) is 4.39. The van der Waals surface area contributed by atoms with Crippen LogP contribution < -0.4 is 10.6 Å². The Morgan fingerprint density at radius 2 is 1.88 bits per heavy atom. The highest BCUT2D eigenvalue weighted by Crippen LogP contribution is 2.20. The number of Topliss-reactive ketones (excluding diaryl/α,β-unsaturated/α-hetero) is 1. The van der Waals surface area contributed by atoms with E-state index in [9.17, 15) is 9.90 Å². The second kappa shape index (κ2) is 5.29. The standard InChI is InChI=1S/C13H18N2O2/c14-9-13(17)10-1-3-11(4-2-10)15-7-5-12(16)6-8-15/h1-4,12,16H,5-9,14H2.